The lowest BCUT2D eigenvalue weighted by atomic mass is 10.2. The fourth-order valence-electron chi connectivity index (χ4n) is 1.20. The molecule has 3 N–H and O–H groups in total. The zero-order valence-electron chi connectivity index (χ0n) is 10.4. The highest BCUT2D eigenvalue weighted by molar-refractivity contribution is 5.92. The molecule has 1 aromatic carbocycles. The van der Waals surface area contributed by atoms with E-state index >= 15 is 0 Å². The third-order valence-electron chi connectivity index (χ3n) is 2.20. The highest BCUT2D eigenvalue weighted by Gasteiger charge is 2.13. The summed E-state index contributed by atoms with van der Waals surface area (Å²) in [6.45, 7) is 0. The van der Waals surface area contributed by atoms with Crippen LogP contribution in [0.1, 0.15) is 20.7 Å². The molecule has 0 aliphatic rings. The number of carboxylic acids is 1. The predicted molar refractivity (Wildman–Crippen MR) is 66.0 cm³/mol. The Labute approximate surface area is 116 Å². The zero-order chi connectivity index (χ0) is 16.0. The minimum Gasteiger partial charge on any atom is -0.478 e. The summed E-state index contributed by atoms with van der Waals surface area (Å²) in [5.74, 6) is -6.61. The molecule has 8 heteroatoms. The maximum Gasteiger partial charge on any atom is 0.335 e. The highest BCUT2D eigenvalue weighted by atomic mass is 19.2. The van der Waals surface area contributed by atoms with E-state index < -0.39 is 34.9 Å². The summed E-state index contributed by atoms with van der Waals surface area (Å²) in [5, 5.41) is 8.27. The lowest BCUT2D eigenvalue weighted by Gasteiger charge is -1.96. The van der Waals surface area contributed by atoms with Crippen LogP contribution in [0.2, 0.25) is 0 Å². The number of pyridine rings is 1. The molecule has 0 atom stereocenters. The van der Waals surface area contributed by atoms with Crippen LogP contribution >= 0.6 is 0 Å². The summed E-state index contributed by atoms with van der Waals surface area (Å²) in [5.41, 5.74) is 4.82. The van der Waals surface area contributed by atoms with Crippen molar-refractivity contribution in [2.45, 2.75) is 0 Å². The fraction of sp³-hybridized carbons (Fsp3) is 0. The first-order chi connectivity index (χ1) is 9.82. The van der Waals surface area contributed by atoms with Crippen molar-refractivity contribution < 1.29 is 27.9 Å². The average Bonchev–Trinajstić information content (AvgIpc) is 2.45. The lowest BCUT2D eigenvalue weighted by molar-refractivity contribution is 0.0695. The van der Waals surface area contributed by atoms with E-state index in [9.17, 15) is 22.8 Å². The highest BCUT2D eigenvalue weighted by Crippen LogP contribution is 2.13. The van der Waals surface area contributed by atoms with E-state index in [0.717, 1.165) is 0 Å². The number of nitrogens with zero attached hydrogens (tertiary/aromatic N) is 1. The Morgan fingerprint density at radius 1 is 1.00 bits per heavy atom. The van der Waals surface area contributed by atoms with Gasteiger partial charge in [-0.3, -0.25) is 9.78 Å². The molecular weight excluding hydrogens is 289 g/mol. The number of primary amides is 1. The van der Waals surface area contributed by atoms with Crippen LogP contribution in [0, 0.1) is 17.5 Å². The molecule has 5 nitrogen and oxygen atoms in total. The topological polar surface area (TPSA) is 93.3 Å². The Morgan fingerprint density at radius 3 is 1.81 bits per heavy atom. The van der Waals surface area contributed by atoms with Gasteiger partial charge in [-0.2, -0.15) is 0 Å². The summed E-state index contributed by atoms with van der Waals surface area (Å²) in [6, 6.07) is 3.98. The molecule has 2 rings (SSSR count). The minimum absolute atomic E-state index is 0.417. The maximum absolute atomic E-state index is 12.3. The number of carbonyl (C=O) groups excluding carboxylic acids is 1. The fourth-order valence-corrected chi connectivity index (χ4v) is 1.20. The summed E-state index contributed by atoms with van der Waals surface area (Å²) >= 11 is 0. The van der Waals surface area contributed by atoms with Gasteiger partial charge >= 0.3 is 5.97 Å². The number of amides is 1. The molecule has 1 heterocycles. The first kappa shape index (κ1) is 16.2. The second kappa shape index (κ2) is 7.04. The van der Waals surface area contributed by atoms with E-state index in [1.807, 2.05) is 0 Å². The Hall–Kier alpha value is -2.90. The summed E-state index contributed by atoms with van der Waals surface area (Å²) in [4.78, 5) is 24.3. The zero-order valence-corrected chi connectivity index (χ0v) is 10.4. The molecule has 1 aromatic heterocycles. The average molecular weight is 298 g/mol. The van der Waals surface area contributed by atoms with Crippen LogP contribution in [0.15, 0.2) is 36.7 Å². The van der Waals surface area contributed by atoms with Gasteiger partial charge in [0.2, 0.25) is 5.91 Å². The SMILES string of the molecule is NC(=O)c1ccncc1.O=C(O)c1cc(F)c(F)c(F)c1. The standard InChI is InChI=1S/C7H3F3O2.C6H6N2O/c8-4-1-3(7(11)12)2-5(9)6(4)10;7-6(9)5-1-3-8-4-2-5/h1-2H,(H,11,12);1-4H,(H2,7,9). The summed E-state index contributed by atoms with van der Waals surface area (Å²) in [6.07, 6.45) is 3.06. The number of carboxylic acid groups (broad SMARTS) is 1. The van der Waals surface area contributed by atoms with Crippen molar-refractivity contribution in [1.29, 1.82) is 0 Å². The number of carbonyl (C=O) groups is 2. The molecule has 1 amide bonds. The van der Waals surface area contributed by atoms with E-state index in [1.54, 1.807) is 12.1 Å². The number of aromatic carboxylic acids is 1. The first-order valence-corrected chi connectivity index (χ1v) is 5.40. The Morgan fingerprint density at radius 2 is 1.48 bits per heavy atom. The molecule has 21 heavy (non-hydrogen) atoms. The molecular formula is C13H9F3N2O3. The first-order valence-electron chi connectivity index (χ1n) is 5.40. The third-order valence-corrected chi connectivity index (χ3v) is 2.20. The monoisotopic (exact) mass is 298 g/mol. The molecule has 0 radical (unpaired) electrons. The third kappa shape index (κ3) is 4.60. The molecule has 2 aromatic rings. The Bertz CT molecular complexity index is 640. The molecule has 0 aliphatic carbocycles. The number of halogens is 3. The van der Waals surface area contributed by atoms with E-state index in [0.29, 0.717) is 17.7 Å². The second-order valence-electron chi connectivity index (χ2n) is 3.66. The minimum atomic E-state index is -1.67. The van der Waals surface area contributed by atoms with Crippen LogP contribution in [-0.2, 0) is 0 Å². The van der Waals surface area contributed by atoms with Gasteiger partial charge in [0.25, 0.3) is 0 Å². The molecule has 0 bridgehead atoms. The van der Waals surface area contributed by atoms with E-state index in [4.69, 9.17) is 10.8 Å². The largest absolute Gasteiger partial charge is 0.478 e. The number of hydrogen-bond acceptors (Lipinski definition) is 3. The maximum atomic E-state index is 12.3. The van der Waals surface area contributed by atoms with Gasteiger partial charge in [0.05, 0.1) is 5.56 Å². The molecule has 0 saturated heterocycles. The van der Waals surface area contributed by atoms with Crippen molar-refractivity contribution in [2.75, 3.05) is 0 Å². The van der Waals surface area contributed by atoms with Gasteiger partial charge in [-0.05, 0) is 24.3 Å². The lowest BCUT2D eigenvalue weighted by Crippen LogP contribution is -2.10. The van der Waals surface area contributed by atoms with Crippen LogP contribution in [0.4, 0.5) is 13.2 Å². The Balaban J connectivity index is 0.000000219. The van der Waals surface area contributed by atoms with Crippen molar-refractivity contribution in [2.24, 2.45) is 5.73 Å². The van der Waals surface area contributed by atoms with Gasteiger partial charge < -0.3 is 10.8 Å². The number of nitrogens with two attached hydrogens (primary N) is 1. The van der Waals surface area contributed by atoms with Crippen LogP contribution in [-0.4, -0.2) is 22.0 Å². The van der Waals surface area contributed by atoms with E-state index in [2.05, 4.69) is 4.98 Å². The van der Waals surface area contributed by atoms with Crippen molar-refractivity contribution in [3.63, 3.8) is 0 Å². The van der Waals surface area contributed by atoms with Gasteiger partial charge in [0, 0.05) is 18.0 Å². The normalized spacial score (nSPS) is 9.48. The van der Waals surface area contributed by atoms with Crippen LogP contribution in [0.3, 0.4) is 0 Å². The molecule has 110 valence electrons. The molecule has 0 spiro atoms. The van der Waals surface area contributed by atoms with Crippen molar-refractivity contribution in [1.82, 2.24) is 4.98 Å². The molecule has 0 unspecified atom stereocenters. The van der Waals surface area contributed by atoms with Crippen molar-refractivity contribution in [3.8, 4) is 0 Å². The predicted octanol–water partition coefficient (Wildman–Crippen LogP) is 1.98. The van der Waals surface area contributed by atoms with E-state index in [1.165, 1.54) is 12.4 Å². The van der Waals surface area contributed by atoms with Gasteiger partial charge in [-0.1, -0.05) is 0 Å². The van der Waals surface area contributed by atoms with Gasteiger partial charge in [0.15, 0.2) is 17.5 Å². The summed E-state index contributed by atoms with van der Waals surface area (Å²) in [7, 11) is 0. The van der Waals surface area contributed by atoms with Crippen molar-refractivity contribution >= 4 is 11.9 Å². The molecule has 0 saturated carbocycles. The molecule has 0 aliphatic heterocycles. The van der Waals surface area contributed by atoms with Crippen LogP contribution in [0.25, 0.3) is 0 Å². The quantitative estimate of drug-likeness (QED) is 0.829. The second-order valence-corrected chi connectivity index (χ2v) is 3.66. The van der Waals surface area contributed by atoms with Gasteiger partial charge in [0.1, 0.15) is 0 Å². The number of aromatic nitrogens is 1. The van der Waals surface area contributed by atoms with Gasteiger partial charge in [-0.25, -0.2) is 18.0 Å². The van der Waals surface area contributed by atoms with Crippen molar-refractivity contribution in [3.05, 3.63) is 65.2 Å². The molecule has 0 fully saturated rings. The number of hydrogen-bond donors (Lipinski definition) is 2. The van der Waals surface area contributed by atoms with E-state index in [-0.39, 0.29) is 0 Å². The Kier molecular flexibility index (Phi) is 5.41. The number of benzene rings is 1. The van der Waals surface area contributed by atoms with Crippen LogP contribution < -0.4 is 5.73 Å². The smallest absolute Gasteiger partial charge is 0.335 e. The summed E-state index contributed by atoms with van der Waals surface area (Å²) < 4.78 is 36.9. The van der Waals surface area contributed by atoms with Gasteiger partial charge in [-0.15, -0.1) is 0 Å². The van der Waals surface area contributed by atoms with Crippen LogP contribution in [0.5, 0.6) is 0 Å². The number of rotatable bonds is 2.